The summed E-state index contributed by atoms with van der Waals surface area (Å²) in [6.45, 7) is -2.87. The summed E-state index contributed by atoms with van der Waals surface area (Å²) in [5, 5.41) is 2.66. The molecule has 3 N–H and O–H groups in total. The zero-order valence-electron chi connectivity index (χ0n) is 11.1. The van der Waals surface area contributed by atoms with Crippen LogP contribution in [0.2, 0.25) is 0 Å². The number of benzene rings is 2. The van der Waals surface area contributed by atoms with Gasteiger partial charge in [0.05, 0.1) is 6.42 Å². The maximum Gasteiger partial charge on any atom is 0.387 e. The van der Waals surface area contributed by atoms with Gasteiger partial charge < -0.3 is 15.8 Å². The van der Waals surface area contributed by atoms with Crippen LogP contribution in [0.5, 0.6) is 5.75 Å². The molecule has 2 aromatic carbocycles. The Labute approximate surface area is 120 Å². The molecule has 0 heterocycles. The van der Waals surface area contributed by atoms with Crippen LogP contribution in [0.4, 0.5) is 20.2 Å². The second kappa shape index (κ2) is 6.69. The number of carbonyl (C=O) groups excluding carboxylic acids is 1. The van der Waals surface area contributed by atoms with Gasteiger partial charge in [-0.3, -0.25) is 4.79 Å². The zero-order valence-corrected chi connectivity index (χ0v) is 11.1. The molecule has 0 aliphatic rings. The van der Waals surface area contributed by atoms with E-state index in [9.17, 15) is 13.6 Å². The summed E-state index contributed by atoms with van der Waals surface area (Å²) in [7, 11) is 0. The third-order valence-corrected chi connectivity index (χ3v) is 2.77. The first-order chi connectivity index (χ1) is 10.0. The van der Waals surface area contributed by atoms with E-state index in [1.165, 1.54) is 24.3 Å². The van der Waals surface area contributed by atoms with Crippen LogP contribution < -0.4 is 15.8 Å². The topological polar surface area (TPSA) is 64.4 Å². The number of alkyl halides is 2. The lowest BCUT2D eigenvalue weighted by atomic mass is 10.1. The predicted molar refractivity (Wildman–Crippen MR) is 76.3 cm³/mol. The number of nitrogens with two attached hydrogens (primary N) is 1. The molecule has 1 amide bonds. The number of hydrogen-bond donors (Lipinski definition) is 2. The van der Waals surface area contributed by atoms with Crippen molar-refractivity contribution in [1.29, 1.82) is 0 Å². The molecule has 0 spiro atoms. The maximum absolute atomic E-state index is 12.0. The molecule has 2 rings (SSSR count). The van der Waals surface area contributed by atoms with E-state index >= 15 is 0 Å². The van der Waals surface area contributed by atoms with Gasteiger partial charge in [0.2, 0.25) is 5.91 Å². The molecular formula is C15H14F2N2O2. The van der Waals surface area contributed by atoms with Crippen LogP contribution in [0.25, 0.3) is 0 Å². The number of anilines is 2. The van der Waals surface area contributed by atoms with Crippen LogP contribution in [0.3, 0.4) is 0 Å². The summed E-state index contributed by atoms with van der Waals surface area (Å²) in [6, 6.07) is 12.8. The molecule has 6 heteroatoms. The zero-order chi connectivity index (χ0) is 15.2. The molecule has 110 valence electrons. The molecule has 0 saturated heterocycles. The van der Waals surface area contributed by atoms with Crippen molar-refractivity contribution in [1.82, 2.24) is 0 Å². The Kier molecular flexibility index (Phi) is 4.71. The summed E-state index contributed by atoms with van der Waals surface area (Å²) < 4.78 is 28.2. The highest BCUT2D eigenvalue weighted by atomic mass is 19.3. The largest absolute Gasteiger partial charge is 0.435 e. The quantitative estimate of drug-likeness (QED) is 0.832. The summed E-state index contributed by atoms with van der Waals surface area (Å²) in [5.74, 6) is -0.203. The fraction of sp³-hybridized carbons (Fsp3) is 0.133. The van der Waals surface area contributed by atoms with Gasteiger partial charge in [-0.1, -0.05) is 18.2 Å². The molecule has 0 fully saturated rings. The molecule has 2 aromatic rings. The molecule has 0 radical (unpaired) electrons. The highest BCUT2D eigenvalue weighted by molar-refractivity contribution is 5.93. The normalized spacial score (nSPS) is 10.4. The summed E-state index contributed by atoms with van der Waals surface area (Å²) in [5.41, 5.74) is 7.54. The number of nitrogens with one attached hydrogen (secondary N) is 1. The number of nitrogen functional groups attached to an aromatic ring is 1. The van der Waals surface area contributed by atoms with E-state index in [2.05, 4.69) is 10.1 Å². The molecule has 0 aliphatic carbocycles. The minimum absolute atomic E-state index is 0.0373. The van der Waals surface area contributed by atoms with Crippen molar-refractivity contribution in [2.24, 2.45) is 0 Å². The van der Waals surface area contributed by atoms with Crippen molar-refractivity contribution in [3.05, 3.63) is 54.1 Å². The average molecular weight is 292 g/mol. The number of carbonyl (C=O) groups is 1. The lowest BCUT2D eigenvalue weighted by Gasteiger charge is -2.08. The van der Waals surface area contributed by atoms with Gasteiger partial charge in [0.1, 0.15) is 5.75 Å². The third-order valence-electron chi connectivity index (χ3n) is 2.77. The van der Waals surface area contributed by atoms with Gasteiger partial charge in [-0.25, -0.2) is 0 Å². The second-order valence-electron chi connectivity index (χ2n) is 4.33. The average Bonchev–Trinajstić information content (AvgIpc) is 2.43. The van der Waals surface area contributed by atoms with Gasteiger partial charge in [0.15, 0.2) is 0 Å². The van der Waals surface area contributed by atoms with E-state index in [0.29, 0.717) is 11.4 Å². The molecule has 0 atom stereocenters. The van der Waals surface area contributed by atoms with Gasteiger partial charge in [0.25, 0.3) is 0 Å². The van der Waals surface area contributed by atoms with Crippen LogP contribution in [0.15, 0.2) is 48.5 Å². The molecule has 21 heavy (non-hydrogen) atoms. The summed E-state index contributed by atoms with van der Waals surface area (Å²) in [4.78, 5) is 11.9. The fourth-order valence-electron chi connectivity index (χ4n) is 1.79. The SMILES string of the molecule is Nc1ccccc1CC(=O)Nc1ccc(OC(F)F)cc1. The first-order valence-corrected chi connectivity index (χ1v) is 6.22. The van der Waals surface area contributed by atoms with Crippen LogP contribution in [-0.2, 0) is 11.2 Å². The number of ether oxygens (including phenoxy) is 1. The number of amides is 1. The van der Waals surface area contributed by atoms with E-state index in [4.69, 9.17) is 5.73 Å². The summed E-state index contributed by atoms with van der Waals surface area (Å²) >= 11 is 0. The first-order valence-electron chi connectivity index (χ1n) is 6.22. The Morgan fingerprint density at radius 3 is 2.43 bits per heavy atom. The predicted octanol–water partition coefficient (Wildman–Crippen LogP) is 3.05. The molecule has 0 bridgehead atoms. The first kappa shape index (κ1) is 14.8. The second-order valence-corrected chi connectivity index (χ2v) is 4.33. The number of para-hydroxylation sites is 1. The van der Waals surface area contributed by atoms with Gasteiger partial charge in [-0.2, -0.15) is 8.78 Å². The fourth-order valence-corrected chi connectivity index (χ4v) is 1.79. The van der Waals surface area contributed by atoms with E-state index in [-0.39, 0.29) is 18.1 Å². The van der Waals surface area contributed by atoms with Crippen molar-refractivity contribution < 1.29 is 18.3 Å². The lowest BCUT2D eigenvalue weighted by molar-refractivity contribution is -0.115. The van der Waals surface area contributed by atoms with Crippen molar-refractivity contribution in [3.8, 4) is 5.75 Å². The molecule has 0 unspecified atom stereocenters. The Morgan fingerprint density at radius 2 is 1.81 bits per heavy atom. The molecule has 0 saturated carbocycles. The van der Waals surface area contributed by atoms with Gasteiger partial charge >= 0.3 is 6.61 Å². The van der Waals surface area contributed by atoms with Crippen molar-refractivity contribution in [3.63, 3.8) is 0 Å². The number of hydrogen-bond acceptors (Lipinski definition) is 3. The van der Waals surface area contributed by atoms with Crippen molar-refractivity contribution in [2.75, 3.05) is 11.1 Å². The Balaban J connectivity index is 1.95. The lowest BCUT2D eigenvalue weighted by Crippen LogP contribution is -2.15. The van der Waals surface area contributed by atoms with Gasteiger partial charge in [-0.05, 0) is 35.9 Å². The molecule has 4 nitrogen and oxygen atoms in total. The van der Waals surface area contributed by atoms with Crippen molar-refractivity contribution >= 4 is 17.3 Å². The van der Waals surface area contributed by atoms with Crippen LogP contribution in [-0.4, -0.2) is 12.5 Å². The molecule has 0 aliphatic heterocycles. The van der Waals surface area contributed by atoms with Crippen molar-refractivity contribution in [2.45, 2.75) is 13.0 Å². The highest BCUT2D eigenvalue weighted by Gasteiger charge is 2.07. The standard InChI is InChI=1S/C15H14F2N2O2/c16-15(17)21-12-7-5-11(6-8-12)19-14(20)9-10-3-1-2-4-13(10)18/h1-8,15H,9,18H2,(H,19,20). The third kappa shape index (κ3) is 4.45. The van der Waals surface area contributed by atoms with E-state index in [1.807, 2.05) is 0 Å². The van der Waals surface area contributed by atoms with Crippen LogP contribution >= 0.6 is 0 Å². The maximum atomic E-state index is 12.0. The molecule has 0 aromatic heterocycles. The summed E-state index contributed by atoms with van der Waals surface area (Å²) in [6.07, 6.45) is 0.141. The van der Waals surface area contributed by atoms with Crippen LogP contribution in [0, 0.1) is 0 Å². The minimum Gasteiger partial charge on any atom is -0.435 e. The van der Waals surface area contributed by atoms with E-state index < -0.39 is 6.61 Å². The highest BCUT2D eigenvalue weighted by Crippen LogP contribution is 2.18. The Bertz CT molecular complexity index is 615. The monoisotopic (exact) mass is 292 g/mol. The van der Waals surface area contributed by atoms with Crippen LogP contribution in [0.1, 0.15) is 5.56 Å². The Hall–Kier alpha value is -2.63. The number of rotatable bonds is 5. The van der Waals surface area contributed by atoms with Gasteiger partial charge in [-0.15, -0.1) is 0 Å². The Morgan fingerprint density at radius 1 is 1.14 bits per heavy atom. The minimum atomic E-state index is -2.87. The van der Waals surface area contributed by atoms with Gasteiger partial charge in [0, 0.05) is 11.4 Å². The smallest absolute Gasteiger partial charge is 0.387 e. The molecular weight excluding hydrogens is 278 g/mol. The van der Waals surface area contributed by atoms with E-state index in [0.717, 1.165) is 5.56 Å². The number of halogens is 2. The van der Waals surface area contributed by atoms with E-state index in [1.54, 1.807) is 24.3 Å².